The van der Waals surface area contributed by atoms with E-state index in [-0.39, 0.29) is 0 Å². The van der Waals surface area contributed by atoms with Crippen molar-refractivity contribution in [3.63, 3.8) is 0 Å². The molecule has 80 valence electrons. The van der Waals surface area contributed by atoms with Gasteiger partial charge in [-0.1, -0.05) is 11.3 Å². The van der Waals surface area contributed by atoms with Gasteiger partial charge in [0.2, 0.25) is 0 Å². The summed E-state index contributed by atoms with van der Waals surface area (Å²) in [6.07, 6.45) is 4.47. The topological polar surface area (TPSA) is 63.1 Å². The van der Waals surface area contributed by atoms with Crippen LogP contribution in [0.25, 0.3) is 16.3 Å². The third-order valence-corrected chi connectivity index (χ3v) is 3.18. The highest BCUT2D eigenvalue weighted by Crippen LogP contribution is 2.22. The quantitative estimate of drug-likeness (QED) is 0.686. The van der Waals surface area contributed by atoms with E-state index in [1.807, 2.05) is 23.6 Å². The fourth-order valence-electron chi connectivity index (χ4n) is 1.54. The number of imidazole rings is 1. The molecule has 5 nitrogen and oxygen atoms in total. The van der Waals surface area contributed by atoms with Crippen molar-refractivity contribution in [1.82, 2.24) is 19.6 Å². The second-order valence-electron chi connectivity index (χ2n) is 3.50. The van der Waals surface area contributed by atoms with Crippen molar-refractivity contribution in [2.45, 2.75) is 6.92 Å². The minimum Gasteiger partial charge on any atom is -0.297 e. The van der Waals surface area contributed by atoms with Crippen LogP contribution < -0.4 is 0 Å². The summed E-state index contributed by atoms with van der Waals surface area (Å²) in [7, 11) is 0. The zero-order valence-corrected chi connectivity index (χ0v) is 9.28. The highest BCUT2D eigenvalue weighted by atomic mass is 32.1. The van der Waals surface area contributed by atoms with Gasteiger partial charge >= 0.3 is 0 Å². The number of thiazole rings is 1. The third kappa shape index (κ3) is 1.35. The lowest BCUT2D eigenvalue weighted by Gasteiger charge is -1.84. The van der Waals surface area contributed by atoms with Gasteiger partial charge in [-0.05, 0) is 13.0 Å². The van der Waals surface area contributed by atoms with Crippen molar-refractivity contribution in [2.24, 2.45) is 0 Å². The molecule has 0 bridgehead atoms. The van der Waals surface area contributed by atoms with E-state index in [0.29, 0.717) is 4.88 Å². The molecule has 0 radical (unpaired) electrons. The number of aromatic nitrogens is 4. The standard InChI is InChI=1S/C10H8N4OS/c1-6-2-8(13-12-6)9-4-14-3-7(5-15)16-10(14)11-9/h2-5H,1H3,(H,12,13). The van der Waals surface area contributed by atoms with E-state index >= 15 is 0 Å². The van der Waals surface area contributed by atoms with E-state index in [1.54, 1.807) is 6.20 Å². The van der Waals surface area contributed by atoms with Crippen molar-refractivity contribution < 1.29 is 4.79 Å². The van der Waals surface area contributed by atoms with Crippen molar-refractivity contribution in [2.75, 3.05) is 0 Å². The van der Waals surface area contributed by atoms with Gasteiger partial charge < -0.3 is 0 Å². The molecule has 3 aromatic heterocycles. The monoisotopic (exact) mass is 232 g/mol. The fraction of sp³-hybridized carbons (Fsp3) is 0.100. The Kier molecular flexibility index (Phi) is 1.90. The number of H-pyrrole nitrogens is 1. The average molecular weight is 232 g/mol. The van der Waals surface area contributed by atoms with Crippen molar-refractivity contribution in [3.05, 3.63) is 29.0 Å². The number of nitrogens with one attached hydrogen (secondary N) is 1. The summed E-state index contributed by atoms with van der Waals surface area (Å²) in [6, 6.07) is 1.94. The fourth-order valence-corrected chi connectivity index (χ4v) is 2.32. The Balaban J connectivity index is 2.12. The molecule has 0 aliphatic rings. The van der Waals surface area contributed by atoms with Crippen LogP contribution in [-0.2, 0) is 0 Å². The maximum Gasteiger partial charge on any atom is 0.194 e. The number of aryl methyl sites for hydroxylation is 1. The van der Waals surface area contributed by atoms with Gasteiger partial charge in [-0.25, -0.2) is 4.98 Å². The summed E-state index contributed by atoms with van der Waals surface area (Å²) >= 11 is 1.37. The third-order valence-electron chi connectivity index (χ3n) is 2.26. The summed E-state index contributed by atoms with van der Waals surface area (Å²) in [5.74, 6) is 0. The average Bonchev–Trinajstić information content (AvgIpc) is 2.89. The summed E-state index contributed by atoms with van der Waals surface area (Å²) in [6.45, 7) is 1.94. The van der Waals surface area contributed by atoms with E-state index in [9.17, 15) is 4.79 Å². The first kappa shape index (κ1) is 9.29. The van der Waals surface area contributed by atoms with E-state index in [2.05, 4.69) is 15.2 Å². The summed E-state index contributed by atoms with van der Waals surface area (Å²) in [5, 5.41) is 7.01. The van der Waals surface area contributed by atoms with E-state index in [4.69, 9.17) is 0 Å². The number of aromatic amines is 1. The maximum absolute atomic E-state index is 10.6. The largest absolute Gasteiger partial charge is 0.297 e. The first-order chi connectivity index (χ1) is 7.76. The van der Waals surface area contributed by atoms with Gasteiger partial charge in [-0.15, -0.1) is 0 Å². The highest BCUT2D eigenvalue weighted by Gasteiger charge is 2.09. The van der Waals surface area contributed by atoms with Crippen LogP contribution in [0.3, 0.4) is 0 Å². The van der Waals surface area contributed by atoms with Crippen LogP contribution in [0, 0.1) is 6.92 Å². The van der Waals surface area contributed by atoms with Crippen LogP contribution in [0.5, 0.6) is 0 Å². The predicted octanol–water partition coefficient (Wildman–Crippen LogP) is 1.91. The van der Waals surface area contributed by atoms with Gasteiger partial charge in [0.1, 0.15) is 11.4 Å². The number of carbonyl (C=O) groups is 1. The summed E-state index contributed by atoms with van der Waals surface area (Å²) in [5.41, 5.74) is 2.63. The van der Waals surface area contributed by atoms with E-state index in [0.717, 1.165) is 28.3 Å². The van der Waals surface area contributed by atoms with Crippen molar-refractivity contribution in [3.8, 4) is 11.4 Å². The van der Waals surface area contributed by atoms with Gasteiger partial charge in [0, 0.05) is 18.1 Å². The molecule has 0 unspecified atom stereocenters. The number of carbonyl (C=O) groups excluding carboxylic acids is 1. The Labute approximate surface area is 94.8 Å². The lowest BCUT2D eigenvalue weighted by molar-refractivity contribution is 0.112. The molecule has 3 rings (SSSR count). The van der Waals surface area contributed by atoms with Crippen LogP contribution in [0.2, 0.25) is 0 Å². The van der Waals surface area contributed by atoms with E-state index in [1.165, 1.54) is 11.3 Å². The number of nitrogens with zero attached hydrogens (tertiary/aromatic N) is 3. The molecule has 1 N–H and O–H groups in total. The molecule has 6 heteroatoms. The van der Waals surface area contributed by atoms with Crippen LogP contribution in [-0.4, -0.2) is 25.9 Å². The molecule has 16 heavy (non-hydrogen) atoms. The molecule has 0 aliphatic carbocycles. The number of hydrogen-bond acceptors (Lipinski definition) is 4. The maximum atomic E-state index is 10.6. The highest BCUT2D eigenvalue weighted by molar-refractivity contribution is 7.18. The number of rotatable bonds is 2. The van der Waals surface area contributed by atoms with Crippen LogP contribution >= 0.6 is 11.3 Å². The molecule has 0 aromatic carbocycles. The van der Waals surface area contributed by atoms with E-state index < -0.39 is 0 Å². The molecular formula is C10H8N4OS. The first-order valence-electron chi connectivity index (χ1n) is 4.72. The van der Waals surface area contributed by atoms with Crippen molar-refractivity contribution >= 4 is 22.6 Å². The van der Waals surface area contributed by atoms with Crippen LogP contribution in [0.1, 0.15) is 15.4 Å². The minimum absolute atomic E-state index is 0.673. The summed E-state index contributed by atoms with van der Waals surface area (Å²) in [4.78, 5) is 16.5. The molecule has 0 saturated carbocycles. The molecule has 0 spiro atoms. The normalized spacial score (nSPS) is 11.1. The van der Waals surface area contributed by atoms with Crippen LogP contribution in [0.15, 0.2) is 18.5 Å². The van der Waals surface area contributed by atoms with Gasteiger partial charge in [0.15, 0.2) is 11.2 Å². The second kappa shape index (κ2) is 3.28. The molecule has 3 heterocycles. The number of aldehydes is 1. The van der Waals surface area contributed by atoms with Gasteiger partial charge in [0.25, 0.3) is 0 Å². The molecule has 0 fully saturated rings. The van der Waals surface area contributed by atoms with Gasteiger partial charge in [-0.2, -0.15) is 5.10 Å². The SMILES string of the molecule is Cc1cc(-c2cn3cc(C=O)sc3n2)n[nH]1. The molecule has 0 saturated heterocycles. The zero-order valence-electron chi connectivity index (χ0n) is 8.47. The lowest BCUT2D eigenvalue weighted by atomic mass is 10.3. The molecule has 0 atom stereocenters. The number of hydrogen-bond donors (Lipinski definition) is 1. The molecular weight excluding hydrogens is 224 g/mol. The van der Waals surface area contributed by atoms with Gasteiger partial charge in [-0.3, -0.25) is 14.3 Å². The number of fused-ring (bicyclic) bond motifs is 1. The van der Waals surface area contributed by atoms with Crippen LogP contribution in [0.4, 0.5) is 0 Å². The molecule has 0 aliphatic heterocycles. The minimum atomic E-state index is 0.673. The lowest BCUT2D eigenvalue weighted by Crippen LogP contribution is -1.77. The second-order valence-corrected chi connectivity index (χ2v) is 4.54. The Morgan fingerprint density at radius 1 is 1.44 bits per heavy atom. The molecule has 3 aromatic rings. The Morgan fingerprint density at radius 2 is 2.31 bits per heavy atom. The van der Waals surface area contributed by atoms with Gasteiger partial charge in [0.05, 0.1) is 4.88 Å². The smallest absolute Gasteiger partial charge is 0.194 e. The molecule has 0 amide bonds. The first-order valence-corrected chi connectivity index (χ1v) is 5.54. The predicted molar refractivity (Wildman–Crippen MR) is 60.8 cm³/mol. The Hall–Kier alpha value is -1.95. The summed E-state index contributed by atoms with van der Waals surface area (Å²) < 4.78 is 1.84. The Morgan fingerprint density at radius 3 is 2.94 bits per heavy atom. The Bertz CT molecular complexity index is 632. The van der Waals surface area contributed by atoms with Crippen molar-refractivity contribution in [1.29, 1.82) is 0 Å². The zero-order chi connectivity index (χ0) is 11.1.